The van der Waals surface area contributed by atoms with Gasteiger partial charge in [0.25, 0.3) is 0 Å². The smallest absolute Gasteiger partial charge is 0.342 e. The number of furan rings is 1. The fraction of sp³-hybridized carbons (Fsp3) is 0.533. The second kappa shape index (κ2) is 6.31. The van der Waals surface area contributed by atoms with Gasteiger partial charge in [0.05, 0.1) is 18.1 Å². The molecule has 7 heteroatoms. The minimum absolute atomic E-state index is 0.170. The van der Waals surface area contributed by atoms with E-state index in [0.717, 1.165) is 19.4 Å². The van der Waals surface area contributed by atoms with E-state index in [2.05, 4.69) is 15.3 Å². The maximum atomic E-state index is 12.2. The Morgan fingerprint density at radius 1 is 1.50 bits per heavy atom. The molecule has 0 unspecified atom stereocenters. The highest BCUT2D eigenvalue weighted by atomic mass is 16.5. The summed E-state index contributed by atoms with van der Waals surface area (Å²) in [6.45, 7) is 5.22. The number of nitrogens with one attached hydrogen (secondary N) is 1. The molecule has 0 radical (unpaired) electrons. The molecule has 1 saturated heterocycles. The van der Waals surface area contributed by atoms with E-state index < -0.39 is 5.97 Å². The number of fused-ring (bicyclic) bond motifs is 1. The molecule has 1 aliphatic rings. The Morgan fingerprint density at radius 2 is 2.36 bits per heavy atom. The zero-order valence-electron chi connectivity index (χ0n) is 12.7. The molecule has 2 aromatic heterocycles. The fourth-order valence-corrected chi connectivity index (χ4v) is 2.64. The number of anilines is 1. The molecule has 3 rings (SSSR count). The van der Waals surface area contributed by atoms with Crippen molar-refractivity contribution < 1.29 is 18.7 Å². The summed E-state index contributed by atoms with van der Waals surface area (Å²) in [5, 5.41) is 3.80. The third-order valence-corrected chi connectivity index (χ3v) is 3.67. The van der Waals surface area contributed by atoms with Crippen molar-refractivity contribution in [2.24, 2.45) is 0 Å². The minimum atomic E-state index is -0.422. The highest BCUT2D eigenvalue weighted by Crippen LogP contribution is 2.29. The topological polar surface area (TPSA) is 86.5 Å². The van der Waals surface area contributed by atoms with Crippen molar-refractivity contribution in [1.29, 1.82) is 0 Å². The summed E-state index contributed by atoms with van der Waals surface area (Å²) in [5.41, 5.74) is 0.762. The maximum Gasteiger partial charge on any atom is 0.342 e. The van der Waals surface area contributed by atoms with Gasteiger partial charge in [-0.15, -0.1) is 0 Å². The summed E-state index contributed by atoms with van der Waals surface area (Å²) in [6, 6.07) is 0. The van der Waals surface area contributed by atoms with Gasteiger partial charge in [0.15, 0.2) is 0 Å². The van der Waals surface area contributed by atoms with Gasteiger partial charge in [0, 0.05) is 13.2 Å². The summed E-state index contributed by atoms with van der Waals surface area (Å²) in [4.78, 5) is 20.5. The number of nitrogens with zero attached hydrogens (tertiary/aromatic N) is 2. The number of esters is 1. The van der Waals surface area contributed by atoms with Gasteiger partial charge < -0.3 is 19.2 Å². The molecule has 1 aliphatic heterocycles. The van der Waals surface area contributed by atoms with Crippen LogP contribution in [0.2, 0.25) is 0 Å². The van der Waals surface area contributed by atoms with Gasteiger partial charge in [-0.3, -0.25) is 0 Å². The van der Waals surface area contributed by atoms with Crippen LogP contribution < -0.4 is 5.32 Å². The molecule has 0 aliphatic carbocycles. The number of aryl methyl sites for hydroxylation is 1. The van der Waals surface area contributed by atoms with Crippen molar-refractivity contribution in [2.75, 3.05) is 25.1 Å². The van der Waals surface area contributed by atoms with E-state index in [0.29, 0.717) is 41.4 Å². The number of aromatic nitrogens is 2. The van der Waals surface area contributed by atoms with Gasteiger partial charge in [0.1, 0.15) is 23.5 Å². The molecule has 118 valence electrons. The van der Waals surface area contributed by atoms with Crippen LogP contribution in [-0.4, -0.2) is 41.8 Å². The largest absolute Gasteiger partial charge is 0.462 e. The molecular weight excluding hydrogens is 286 g/mol. The normalized spacial score (nSPS) is 17.8. The molecule has 0 saturated carbocycles. The van der Waals surface area contributed by atoms with E-state index in [1.807, 2.05) is 0 Å². The number of ether oxygens (including phenoxy) is 2. The van der Waals surface area contributed by atoms with Crippen molar-refractivity contribution in [3.8, 4) is 0 Å². The summed E-state index contributed by atoms with van der Waals surface area (Å²) in [6.07, 6.45) is 3.68. The highest BCUT2D eigenvalue weighted by molar-refractivity contribution is 6.07. The summed E-state index contributed by atoms with van der Waals surface area (Å²) >= 11 is 0. The SMILES string of the molecule is CCOC(=O)c1c(C)oc2ncnc(NC[C@H]3CCCO3)c12. The average Bonchev–Trinajstić information content (AvgIpc) is 3.11. The van der Waals surface area contributed by atoms with E-state index >= 15 is 0 Å². The minimum Gasteiger partial charge on any atom is -0.462 e. The molecule has 1 fully saturated rings. The molecule has 3 heterocycles. The Balaban J connectivity index is 1.93. The lowest BCUT2D eigenvalue weighted by Gasteiger charge is -2.11. The molecule has 1 N–H and O–H groups in total. The molecule has 7 nitrogen and oxygen atoms in total. The number of hydrogen-bond donors (Lipinski definition) is 1. The van der Waals surface area contributed by atoms with Gasteiger partial charge in [-0.25, -0.2) is 14.8 Å². The number of hydrogen-bond acceptors (Lipinski definition) is 7. The van der Waals surface area contributed by atoms with Gasteiger partial charge in [-0.05, 0) is 26.7 Å². The summed E-state index contributed by atoms with van der Waals surface area (Å²) < 4.78 is 16.2. The van der Waals surface area contributed by atoms with E-state index in [-0.39, 0.29) is 6.10 Å². The van der Waals surface area contributed by atoms with Crippen molar-refractivity contribution in [3.05, 3.63) is 17.7 Å². The molecule has 22 heavy (non-hydrogen) atoms. The Morgan fingerprint density at radius 3 is 3.09 bits per heavy atom. The Hall–Kier alpha value is -2.15. The van der Waals surface area contributed by atoms with Crippen molar-refractivity contribution >= 4 is 22.9 Å². The molecule has 0 spiro atoms. The lowest BCUT2D eigenvalue weighted by molar-refractivity contribution is 0.0526. The van der Waals surface area contributed by atoms with Crippen LogP contribution in [0.1, 0.15) is 35.9 Å². The summed E-state index contributed by atoms with van der Waals surface area (Å²) in [7, 11) is 0. The number of carbonyl (C=O) groups excluding carboxylic acids is 1. The van der Waals surface area contributed by atoms with Gasteiger partial charge in [0.2, 0.25) is 5.71 Å². The quantitative estimate of drug-likeness (QED) is 0.848. The molecular formula is C15H19N3O4. The first-order valence-corrected chi connectivity index (χ1v) is 7.47. The molecule has 0 aromatic carbocycles. The van der Waals surface area contributed by atoms with Crippen molar-refractivity contribution in [1.82, 2.24) is 9.97 Å². The van der Waals surface area contributed by atoms with Crippen LogP contribution in [0.4, 0.5) is 5.82 Å². The van der Waals surface area contributed by atoms with Crippen LogP contribution in [0.5, 0.6) is 0 Å². The van der Waals surface area contributed by atoms with Crippen LogP contribution in [0.3, 0.4) is 0 Å². The van der Waals surface area contributed by atoms with Crippen LogP contribution in [0.15, 0.2) is 10.7 Å². The molecule has 0 amide bonds. The maximum absolute atomic E-state index is 12.2. The molecule has 1 atom stereocenters. The third kappa shape index (κ3) is 2.76. The predicted octanol–water partition coefficient (Wildman–Crippen LogP) is 2.30. The Kier molecular flexibility index (Phi) is 4.24. The lowest BCUT2D eigenvalue weighted by Crippen LogP contribution is -2.19. The van der Waals surface area contributed by atoms with E-state index in [9.17, 15) is 4.79 Å². The zero-order valence-corrected chi connectivity index (χ0v) is 12.7. The molecule has 0 bridgehead atoms. The van der Waals surface area contributed by atoms with Crippen molar-refractivity contribution in [3.63, 3.8) is 0 Å². The second-order valence-electron chi connectivity index (χ2n) is 5.17. The highest BCUT2D eigenvalue weighted by Gasteiger charge is 2.24. The summed E-state index contributed by atoms with van der Waals surface area (Å²) in [5.74, 6) is 0.628. The van der Waals surface area contributed by atoms with Gasteiger partial charge >= 0.3 is 5.97 Å². The zero-order chi connectivity index (χ0) is 15.5. The second-order valence-corrected chi connectivity index (χ2v) is 5.17. The number of rotatable bonds is 5. The Bertz CT molecular complexity index is 677. The monoisotopic (exact) mass is 305 g/mol. The van der Waals surface area contributed by atoms with Crippen LogP contribution in [-0.2, 0) is 9.47 Å². The van der Waals surface area contributed by atoms with Gasteiger partial charge in [-0.2, -0.15) is 0 Å². The lowest BCUT2D eigenvalue weighted by atomic mass is 10.2. The number of carbonyl (C=O) groups is 1. The fourth-order valence-electron chi connectivity index (χ4n) is 2.64. The third-order valence-electron chi connectivity index (χ3n) is 3.67. The predicted molar refractivity (Wildman–Crippen MR) is 80.0 cm³/mol. The standard InChI is InChI=1S/C15H19N3O4/c1-3-20-15(19)11-9(2)22-14-12(11)13(17-8-18-14)16-7-10-5-4-6-21-10/h8,10H,3-7H2,1-2H3,(H,16,17,18)/t10-/m1/s1. The Labute approximate surface area is 128 Å². The van der Waals surface area contributed by atoms with Crippen LogP contribution >= 0.6 is 0 Å². The first kappa shape index (κ1) is 14.8. The van der Waals surface area contributed by atoms with Gasteiger partial charge in [-0.1, -0.05) is 0 Å². The molecule has 2 aromatic rings. The van der Waals surface area contributed by atoms with E-state index in [1.165, 1.54) is 6.33 Å². The van der Waals surface area contributed by atoms with E-state index in [1.54, 1.807) is 13.8 Å². The first-order valence-electron chi connectivity index (χ1n) is 7.47. The van der Waals surface area contributed by atoms with Crippen LogP contribution in [0.25, 0.3) is 11.1 Å². The van der Waals surface area contributed by atoms with Crippen LogP contribution in [0, 0.1) is 6.92 Å². The van der Waals surface area contributed by atoms with E-state index in [4.69, 9.17) is 13.9 Å². The first-order chi connectivity index (χ1) is 10.7. The van der Waals surface area contributed by atoms with Crippen molar-refractivity contribution in [2.45, 2.75) is 32.8 Å². The average molecular weight is 305 g/mol.